The molecule has 4 nitrogen and oxygen atoms in total. The van der Waals surface area contributed by atoms with Crippen molar-refractivity contribution in [1.29, 1.82) is 0 Å². The monoisotopic (exact) mass is 292 g/mol. The van der Waals surface area contributed by atoms with E-state index in [0.29, 0.717) is 11.4 Å². The lowest BCUT2D eigenvalue weighted by molar-refractivity contribution is -0.136. The summed E-state index contributed by atoms with van der Waals surface area (Å²) in [5.74, 6) is -0.792. The second-order valence-corrected chi connectivity index (χ2v) is 5.32. The molecule has 0 spiro atoms. The fraction of sp³-hybridized carbons (Fsp3) is 0.333. The van der Waals surface area contributed by atoms with E-state index in [9.17, 15) is 4.79 Å². The molecule has 5 heteroatoms. The number of halogens is 1. The smallest absolute Gasteiger partial charge is 0.303 e. The van der Waals surface area contributed by atoms with E-state index in [2.05, 4.69) is 5.10 Å². The number of carboxylic acid groups (broad SMARTS) is 1. The Kier molecular flexibility index (Phi) is 4.14. The maximum atomic E-state index is 10.7. The minimum atomic E-state index is -0.792. The van der Waals surface area contributed by atoms with Gasteiger partial charge in [0.25, 0.3) is 0 Å². The highest BCUT2D eigenvalue weighted by Crippen LogP contribution is 2.23. The summed E-state index contributed by atoms with van der Waals surface area (Å²) in [4.78, 5) is 10.7. The topological polar surface area (TPSA) is 55.1 Å². The molecule has 0 saturated carbocycles. The van der Waals surface area contributed by atoms with Gasteiger partial charge in [0.15, 0.2) is 0 Å². The van der Waals surface area contributed by atoms with Crippen LogP contribution < -0.4 is 0 Å². The summed E-state index contributed by atoms with van der Waals surface area (Å²) in [6.45, 7) is 5.85. The second-order valence-electron chi connectivity index (χ2n) is 4.89. The molecule has 0 aliphatic carbocycles. The van der Waals surface area contributed by atoms with Crippen molar-refractivity contribution in [2.45, 2.75) is 33.6 Å². The van der Waals surface area contributed by atoms with Crippen molar-refractivity contribution < 1.29 is 9.90 Å². The fourth-order valence-corrected chi connectivity index (χ4v) is 2.59. The molecule has 0 amide bonds. The van der Waals surface area contributed by atoms with Crippen LogP contribution in [0.2, 0.25) is 5.02 Å². The van der Waals surface area contributed by atoms with E-state index in [1.54, 1.807) is 0 Å². The lowest BCUT2D eigenvalue weighted by Gasteiger charge is -2.09. The van der Waals surface area contributed by atoms with Crippen LogP contribution in [-0.4, -0.2) is 20.9 Å². The van der Waals surface area contributed by atoms with Crippen LogP contribution in [0.3, 0.4) is 0 Å². The Morgan fingerprint density at radius 3 is 2.65 bits per heavy atom. The van der Waals surface area contributed by atoms with Crippen molar-refractivity contribution >= 4 is 17.6 Å². The van der Waals surface area contributed by atoms with E-state index in [-0.39, 0.29) is 6.42 Å². The molecular formula is C15H17ClN2O2. The number of benzene rings is 1. The molecule has 0 aliphatic rings. The van der Waals surface area contributed by atoms with Gasteiger partial charge in [0.05, 0.1) is 11.4 Å². The number of aromatic nitrogens is 2. The normalized spacial score (nSPS) is 10.8. The quantitative estimate of drug-likeness (QED) is 0.939. The fourth-order valence-electron chi connectivity index (χ4n) is 2.36. The molecule has 1 aromatic carbocycles. The average molecular weight is 293 g/mol. The summed E-state index contributed by atoms with van der Waals surface area (Å²) in [5, 5.41) is 14.0. The summed E-state index contributed by atoms with van der Waals surface area (Å²) >= 11 is 5.97. The van der Waals surface area contributed by atoms with Gasteiger partial charge in [-0.3, -0.25) is 4.79 Å². The zero-order valence-electron chi connectivity index (χ0n) is 11.8. The van der Waals surface area contributed by atoms with Crippen LogP contribution in [0.15, 0.2) is 18.2 Å². The third kappa shape index (κ3) is 2.85. The maximum absolute atomic E-state index is 10.7. The first kappa shape index (κ1) is 14.6. The number of carboxylic acids is 1. The van der Waals surface area contributed by atoms with Gasteiger partial charge in [-0.15, -0.1) is 0 Å². The largest absolute Gasteiger partial charge is 0.481 e. The first-order valence-electron chi connectivity index (χ1n) is 6.43. The molecule has 2 aromatic rings. The molecule has 0 saturated heterocycles. The van der Waals surface area contributed by atoms with E-state index < -0.39 is 5.97 Å². The van der Waals surface area contributed by atoms with Gasteiger partial charge in [-0.05, 0) is 56.5 Å². The minimum Gasteiger partial charge on any atom is -0.481 e. The number of aliphatic carboxylic acids is 1. The van der Waals surface area contributed by atoms with Gasteiger partial charge < -0.3 is 5.11 Å². The van der Waals surface area contributed by atoms with Crippen LogP contribution in [0.1, 0.15) is 28.9 Å². The number of rotatable bonds is 4. The SMILES string of the molecule is Cc1cc(Cl)ccc1-n1nc(C)c(CCC(=O)O)c1C. The molecule has 2 rings (SSSR count). The average Bonchev–Trinajstić information content (AvgIpc) is 2.62. The standard InChI is InChI=1S/C15H17ClN2O2/c1-9-8-12(16)4-6-14(9)18-11(3)13(10(2)17-18)5-7-15(19)20/h4,6,8H,5,7H2,1-3H3,(H,19,20). The van der Waals surface area contributed by atoms with Gasteiger partial charge in [-0.2, -0.15) is 5.10 Å². The number of hydrogen-bond acceptors (Lipinski definition) is 2. The highest BCUT2D eigenvalue weighted by atomic mass is 35.5. The van der Waals surface area contributed by atoms with Crippen LogP contribution in [0.4, 0.5) is 0 Å². The summed E-state index contributed by atoms with van der Waals surface area (Å²) in [6.07, 6.45) is 0.618. The highest BCUT2D eigenvalue weighted by Gasteiger charge is 2.15. The van der Waals surface area contributed by atoms with Gasteiger partial charge in [0.1, 0.15) is 0 Å². The molecule has 1 N–H and O–H groups in total. The highest BCUT2D eigenvalue weighted by molar-refractivity contribution is 6.30. The van der Waals surface area contributed by atoms with E-state index >= 15 is 0 Å². The van der Waals surface area contributed by atoms with Crippen molar-refractivity contribution in [3.63, 3.8) is 0 Å². The zero-order valence-corrected chi connectivity index (χ0v) is 12.5. The number of carbonyl (C=O) groups is 1. The number of aryl methyl sites for hydroxylation is 2. The second kappa shape index (κ2) is 5.67. The summed E-state index contributed by atoms with van der Waals surface area (Å²) in [7, 11) is 0. The summed E-state index contributed by atoms with van der Waals surface area (Å²) in [5.41, 5.74) is 4.86. The number of nitrogens with zero attached hydrogens (tertiary/aromatic N) is 2. The molecule has 0 aliphatic heterocycles. The van der Waals surface area contributed by atoms with Crippen molar-refractivity contribution in [2.24, 2.45) is 0 Å². The Bertz CT molecular complexity index is 662. The third-order valence-corrected chi connectivity index (χ3v) is 3.65. The summed E-state index contributed by atoms with van der Waals surface area (Å²) < 4.78 is 1.86. The van der Waals surface area contributed by atoms with Crippen molar-refractivity contribution in [3.8, 4) is 5.69 Å². The lowest BCUT2D eigenvalue weighted by atomic mass is 10.1. The zero-order chi connectivity index (χ0) is 14.9. The number of hydrogen-bond donors (Lipinski definition) is 1. The van der Waals surface area contributed by atoms with Crippen LogP contribution in [0.25, 0.3) is 5.69 Å². The van der Waals surface area contributed by atoms with E-state index in [1.165, 1.54) is 0 Å². The molecule has 1 heterocycles. The Hall–Kier alpha value is -1.81. The molecule has 106 valence electrons. The third-order valence-electron chi connectivity index (χ3n) is 3.42. The van der Waals surface area contributed by atoms with Crippen molar-refractivity contribution in [2.75, 3.05) is 0 Å². The van der Waals surface area contributed by atoms with Crippen LogP contribution in [0.5, 0.6) is 0 Å². The van der Waals surface area contributed by atoms with E-state index in [1.807, 2.05) is 43.7 Å². The molecule has 0 fully saturated rings. The van der Waals surface area contributed by atoms with Crippen LogP contribution in [-0.2, 0) is 11.2 Å². The molecule has 0 radical (unpaired) electrons. The van der Waals surface area contributed by atoms with Crippen molar-refractivity contribution in [3.05, 3.63) is 45.7 Å². The molecule has 1 aromatic heterocycles. The lowest BCUT2D eigenvalue weighted by Crippen LogP contribution is -2.03. The van der Waals surface area contributed by atoms with Crippen LogP contribution >= 0.6 is 11.6 Å². The predicted octanol–water partition coefficient (Wildman–Crippen LogP) is 3.47. The van der Waals surface area contributed by atoms with Gasteiger partial charge in [0, 0.05) is 17.1 Å². The maximum Gasteiger partial charge on any atom is 0.303 e. The molecule has 0 unspecified atom stereocenters. The molecular weight excluding hydrogens is 276 g/mol. The van der Waals surface area contributed by atoms with Gasteiger partial charge in [0.2, 0.25) is 0 Å². The first-order chi connectivity index (χ1) is 9.40. The summed E-state index contributed by atoms with van der Waals surface area (Å²) in [6, 6.07) is 5.65. The molecule has 20 heavy (non-hydrogen) atoms. The van der Waals surface area contributed by atoms with Gasteiger partial charge in [-0.25, -0.2) is 4.68 Å². The first-order valence-corrected chi connectivity index (χ1v) is 6.81. The Morgan fingerprint density at radius 2 is 2.05 bits per heavy atom. The van der Waals surface area contributed by atoms with E-state index in [4.69, 9.17) is 16.7 Å². The Balaban J connectivity index is 2.43. The van der Waals surface area contributed by atoms with E-state index in [0.717, 1.165) is 28.2 Å². The van der Waals surface area contributed by atoms with Gasteiger partial charge >= 0.3 is 5.97 Å². The molecule has 0 bridgehead atoms. The molecule has 0 atom stereocenters. The minimum absolute atomic E-state index is 0.118. The Morgan fingerprint density at radius 1 is 1.35 bits per heavy atom. The van der Waals surface area contributed by atoms with Crippen molar-refractivity contribution in [1.82, 2.24) is 9.78 Å². The van der Waals surface area contributed by atoms with Crippen LogP contribution in [0, 0.1) is 20.8 Å². The predicted molar refractivity (Wildman–Crippen MR) is 78.7 cm³/mol. The Labute approximate surface area is 123 Å². The van der Waals surface area contributed by atoms with Gasteiger partial charge in [-0.1, -0.05) is 11.6 Å².